The lowest BCUT2D eigenvalue weighted by Crippen LogP contribution is -2.36. The third-order valence-electron chi connectivity index (χ3n) is 4.36. The summed E-state index contributed by atoms with van der Waals surface area (Å²) in [4.78, 5) is 28.6. The predicted octanol–water partition coefficient (Wildman–Crippen LogP) is 2.12. The molecule has 8 heteroatoms. The van der Waals surface area contributed by atoms with Gasteiger partial charge in [-0.1, -0.05) is 30.3 Å². The van der Waals surface area contributed by atoms with Crippen LogP contribution in [0, 0.1) is 0 Å². The van der Waals surface area contributed by atoms with Crippen LogP contribution in [0.3, 0.4) is 0 Å². The van der Waals surface area contributed by atoms with Crippen molar-refractivity contribution in [2.24, 2.45) is 0 Å². The number of carbonyl (C=O) groups excluding carboxylic acids is 2. The van der Waals surface area contributed by atoms with Gasteiger partial charge in [0, 0.05) is 11.6 Å². The second-order valence-corrected chi connectivity index (χ2v) is 6.46. The van der Waals surface area contributed by atoms with Crippen molar-refractivity contribution in [3.8, 4) is 0 Å². The zero-order valence-electron chi connectivity index (χ0n) is 15.5. The van der Waals surface area contributed by atoms with Crippen molar-refractivity contribution >= 4 is 22.8 Å². The van der Waals surface area contributed by atoms with Crippen molar-refractivity contribution in [1.29, 1.82) is 0 Å². The molecule has 0 atom stereocenters. The van der Waals surface area contributed by atoms with E-state index in [1.54, 1.807) is 29.1 Å². The summed E-state index contributed by atoms with van der Waals surface area (Å²) in [6.45, 7) is 0.736. The molecule has 0 fully saturated rings. The van der Waals surface area contributed by atoms with E-state index in [2.05, 4.69) is 20.7 Å². The van der Waals surface area contributed by atoms with E-state index in [1.807, 2.05) is 30.3 Å². The maximum Gasteiger partial charge on any atom is 0.253 e. The Labute approximate surface area is 166 Å². The van der Waals surface area contributed by atoms with E-state index < -0.39 is 0 Å². The number of hydrogen-bond donors (Lipinski definition) is 2. The monoisotopic (exact) mass is 389 g/mol. The SMILES string of the molecule is O=C(CNC(=O)c1cnc2c(cnn2Cc2ccccc2)c1)NCc1ccco1. The normalized spacial score (nSPS) is 10.8. The maximum atomic E-state index is 12.3. The number of benzene rings is 1. The van der Waals surface area contributed by atoms with Crippen molar-refractivity contribution in [2.75, 3.05) is 6.54 Å². The highest BCUT2D eigenvalue weighted by Crippen LogP contribution is 2.14. The summed E-state index contributed by atoms with van der Waals surface area (Å²) in [6, 6.07) is 15.2. The lowest BCUT2D eigenvalue weighted by atomic mass is 10.2. The van der Waals surface area contributed by atoms with Crippen LogP contribution in [0.15, 0.2) is 71.6 Å². The molecule has 0 aliphatic carbocycles. The molecule has 2 N–H and O–H groups in total. The summed E-state index contributed by atoms with van der Waals surface area (Å²) < 4.78 is 6.93. The zero-order chi connectivity index (χ0) is 20.1. The van der Waals surface area contributed by atoms with Crippen LogP contribution in [0.2, 0.25) is 0 Å². The summed E-state index contributed by atoms with van der Waals surface area (Å²) in [6.07, 6.45) is 4.70. The van der Waals surface area contributed by atoms with Crippen molar-refractivity contribution < 1.29 is 14.0 Å². The van der Waals surface area contributed by atoms with Gasteiger partial charge in [-0.05, 0) is 23.8 Å². The molecule has 0 spiro atoms. The van der Waals surface area contributed by atoms with Gasteiger partial charge in [-0.2, -0.15) is 5.10 Å². The van der Waals surface area contributed by atoms with E-state index in [0.717, 1.165) is 10.9 Å². The first-order valence-electron chi connectivity index (χ1n) is 9.12. The fourth-order valence-corrected chi connectivity index (χ4v) is 2.89. The highest BCUT2D eigenvalue weighted by atomic mass is 16.3. The van der Waals surface area contributed by atoms with Crippen LogP contribution in [-0.4, -0.2) is 33.1 Å². The fourth-order valence-electron chi connectivity index (χ4n) is 2.89. The maximum absolute atomic E-state index is 12.3. The molecule has 8 nitrogen and oxygen atoms in total. The predicted molar refractivity (Wildman–Crippen MR) is 106 cm³/mol. The number of rotatable bonds is 7. The van der Waals surface area contributed by atoms with Gasteiger partial charge in [0.1, 0.15) is 5.76 Å². The molecule has 3 aromatic heterocycles. The molecule has 2 amide bonds. The van der Waals surface area contributed by atoms with Gasteiger partial charge >= 0.3 is 0 Å². The Balaban J connectivity index is 1.36. The summed E-state index contributed by atoms with van der Waals surface area (Å²) in [5.74, 6) is -0.0327. The molecular weight excluding hydrogens is 370 g/mol. The largest absolute Gasteiger partial charge is 0.467 e. The molecule has 0 aliphatic heterocycles. The Hall–Kier alpha value is -3.94. The van der Waals surface area contributed by atoms with Crippen molar-refractivity contribution in [3.63, 3.8) is 0 Å². The summed E-state index contributed by atoms with van der Waals surface area (Å²) >= 11 is 0. The Bertz CT molecular complexity index is 1120. The molecule has 4 rings (SSSR count). The van der Waals surface area contributed by atoms with Crippen LogP contribution in [0.25, 0.3) is 11.0 Å². The number of fused-ring (bicyclic) bond motifs is 1. The van der Waals surface area contributed by atoms with Gasteiger partial charge in [-0.25, -0.2) is 9.67 Å². The van der Waals surface area contributed by atoms with Gasteiger partial charge in [0.05, 0.1) is 37.7 Å². The number of carbonyl (C=O) groups is 2. The minimum Gasteiger partial charge on any atom is -0.467 e. The van der Waals surface area contributed by atoms with E-state index >= 15 is 0 Å². The van der Waals surface area contributed by atoms with E-state index in [9.17, 15) is 9.59 Å². The minimum atomic E-state index is -0.372. The molecule has 1 aromatic carbocycles. The zero-order valence-corrected chi connectivity index (χ0v) is 15.5. The summed E-state index contributed by atoms with van der Waals surface area (Å²) in [5.41, 5.74) is 2.18. The van der Waals surface area contributed by atoms with Gasteiger partial charge in [-0.3, -0.25) is 9.59 Å². The highest BCUT2D eigenvalue weighted by molar-refractivity contribution is 5.98. The van der Waals surface area contributed by atoms with E-state index in [1.165, 1.54) is 12.5 Å². The Morgan fingerprint density at radius 3 is 2.69 bits per heavy atom. The van der Waals surface area contributed by atoms with Gasteiger partial charge < -0.3 is 15.1 Å². The quantitative estimate of drug-likeness (QED) is 0.504. The number of furan rings is 1. The molecule has 29 heavy (non-hydrogen) atoms. The molecule has 0 aliphatic rings. The van der Waals surface area contributed by atoms with Crippen LogP contribution >= 0.6 is 0 Å². The first-order valence-corrected chi connectivity index (χ1v) is 9.12. The second-order valence-electron chi connectivity index (χ2n) is 6.46. The molecule has 146 valence electrons. The first kappa shape index (κ1) is 18.4. The van der Waals surface area contributed by atoms with Crippen molar-refractivity contribution in [1.82, 2.24) is 25.4 Å². The van der Waals surface area contributed by atoms with Gasteiger partial charge in [0.15, 0.2) is 5.65 Å². The van der Waals surface area contributed by atoms with E-state index in [-0.39, 0.29) is 24.9 Å². The third kappa shape index (κ3) is 4.49. The molecule has 0 saturated carbocycles. The molecule has 0 radical (unpaired) electrons. The number of nitrogens with one attached hydrogen (secondary N) is 2. The van der Waals surface area contributed by atoms with Gasteiger partial charge in [0.2, 0.25) is 5.91 Å². The van der Waals surface area contributed by atoms with Crippen LogP contribution in [0.4, 0.5) is 0 Å². The summed E-state index contributed by atoms with van der Waals surface area (Å²) in [7, 11) is 0. The fraction of sp³-hybridized carbons (Fsp3) is 0.143. The average Bonchev–Trinajstić information content (AvgIpc) is 3.41. The lowest BCUT2D eigenvalue weighted by molar-refractivity contribution is -0.120. The minimum absolute atomic E-state index is 0.134. The van der Waals surface area contributed by atoms with Gasteiger partial charge in [0.25, 0.3) is 5.91 Å². The Kier molecular flexibility index (Phi) is 5.33. The van der Waals surface area contributed by atoms with Crippen LogP contribution in [0.5, 0.6) is 0 Å². The average molecular weight is 389 g/mol. The van der Waals surface area contributed by atoms with Crippen LogP contribution < -0.4 is 10.6 Å². The molecule has 4 aromatic rings. The number of pyridine rings is 1. The molecule has 0 saturated heterocycles. The Morgan fingerprint density at radius 1 is 1.03 bits per heavy atom. The Morgan fingerprint density at radius 2 is 1.90 bits per heavy atom. The number of aromatic nitrogens is 3. The molecular formula is C21H19N5O3. The number of hydrogen-bond acceptors (Lipinski definition) is 5. The lowest BCUT2D eigenvalue weighted by Gasteiger charge is -2.06. The number of amides is 2. The van der Waals surface area contributed by atoms with E-state index in [0.29, 0.717) is 23.5 Å². The second kappa shape index (κ2) is 8.39. The first-order chi connectivity index (χ1) is 14.2. The summed E-state index contributed by atoms with van der Waals surface area (Å²) in [5, 5.41) is 10.4. The smallest absolute Gasteiger partial charge is 0.253 e. The number of nitrogens with zero attached hydrogens (tertiary/aromatic N) is 3. The van der Waals surface area contributed by atoms with Crippen LogP contribution in [0.1, 0.15) is 21.7 Å². The van der Waals surface area contributed by atoms with Crippen molar-refractivity contribution in [3.05, 3.63) is 84.1 Å². The van der Waals surface area contributed by atoms with Crippen LogP contribution in [-0.2, 0) is 17.9 Å². The topological polar surface area (TPSA) is 102 Å². The molecule has 0 bridgehead atoms. The molecule has 3 heterocycles. The molecule has 0 unspecified atom stereocenters. The third-order valence-corrected chi connectivity index (χ3v) is 4.36. The highest BCUT2D eigenvalue weighted by Gasteiger charge is 2.12. The standard InChI is InChI=1S/C21H19N5O3/c27-19(22-12-18-7-4-8-29-18)13-24-21(28)17-9-16-11-25-26(20(16)23-10-17)14-15-5-2-1-3-6-15/h1-11H,12-14H2,(H,22,27)(H,24,28). The van der Waals surface area contributed by atoms with Crippen molar-refractivity contribution in [2.45, 2.75) is 13.1 Å². The van der Waals surface area contributed by atoms with Gasteiger partial charge in [-0.15, -0.1) is 0 Å². The van der Waals surface area contributed by atoms with E-state index in [4.69, 9.17) is 4.42 Å².